The van der Waals surface area contributed by atoms with Crippen LogP contribution < -0.4 is 21.2 Å². The van der Waals surface area contributed by atoms with Gasteiger partial charge >= 0.3 is 0 Å². The first-order valence-electron chi connectivity index (χ1n) is 18.2. The maximum Gasteiger partial charge on any atom is -0.00121 e. The van der Waals surface area contributed by atoms with Crippen molar-refractivity contribution in [3.63, 3.8) is 0 Å². The van der Waals surface area contributed by atoms with Gasteiger partial charge in [0.05, 0.1) is 0 Å². The van der Waals surface area contributed by atoms with Gasteiger partial charge in [-0.05, 0) is 102 Å². The van der Waals surface area contributed by atoms with Gasteiger partial charge in [0.25, 0.3) is 0 Å². The Morgan fingerprint density at radius 3 is 0.960 bits per heavy atom. The van der Waals surface area contributed by atoms with Gasteiger partial charge in [0.2, 0.25) is 0 Å². The van der Waals surface area contributed by atoms with Crippen LogP contribution in [-0.4, -0.2) is 10.3 Å². The standard InChI is InChI=1S/C48H56P2/c1-45(2,3)35-23-27-37(28-24-35)49(47(7,8)9)41-31-21-33-17-13-15-19-39(33)43(41)44-40-20-16-14-18-34(40)22-32-42(44)50(48(10,11)12)38-29-25-36(26-30-38)46(4,5)6/h13-32H,1-12H3. The lowest BCUT2D eigenvalue weighted by molar-refractivity contribution is 0.590. The highest BCUT2D eigenvalue weighted by atomic mass is 31.1. The molecule has 0 aliphatic rings. The zero-order chi connectivity index (χ0) is 36.2. The Morgan fingerprint density at radius 2 is 0.660 bits per heavy atom. The van der Waals surface area contributed by atoms with Crippen LogP contribution in [0.5, 0.6) is 0 Å². The highest BCUT2D eigenvalue weighted by Crippen LogP contribution is 2.54. The molecule has 0 heterocycles. The molecule has 0 fully saturated rings. The maximum absolute atomic E-state index is 2.48. The first-order valence-corrected chi connectivity index (χ1v) is 20.9. The van der Waals surface area contributed by atoms with Crippen molar-refractivity contribution in [1.29, 1.82) is 0 Å². The minimum Gasteiger partial charge on any atom is -0.0616 e. The SMILES string of the molecule is CC(C)(C)c1ccc(P(c2ccc3ccccc3c2-c2c(P(c3ccc(C(C)(C)C)cc3)C(C)(C)C)ccc3ccccc23)C(C)(C)C)cc1. The molecule has 2 heteroatoms. The largest absolute Gasteiger partial charge is 0.0616 e. The fourth-order valence-corrected chi connectivity index (χ4v) is 13.2. The van der Waals surface area contributed by atoms with Gasteiger partial charge in [0.1, 0.15) is 0 Å². The van der Waals surface area contributed by atoms with Crippen LogP contribution >= 0.6 is 15.8 Å². The smallest absolute Gasteiger partial charge is 0.00121 e. The quantitative estimate of drug-likeness (QED) is 0.158. The van der Waals surface area contributed by atoms with Crippen molar-refractivity contribution in [3.8, 4) is 11.1 Å². The van der Waals surface area contributed by atoms with E-state index in [4.69, 9.17) is 0 Å². The lowest BCUT2D eigenvalue weighted by atomic mass is 9.87. The predicted molar refractivity (Wildman–Crippen MR) is 229 cm³/mol. The zero-order valence-electron chi connectivity index (χ0n) is 32.4. The van der Waals surface area contributed by atoms with Gasteiger partial charge in [0.15, 0.2) is 0 Å². The van der Waals surface area contributed by atoms with Crippen LogP contribution in [0.4, 0.5) is 0 Å². The molecule has 258 valence electrons. The number of hydrogen-bond acceptors (Lipinski definition) is 0. The molecule has 50 heavy (non-hydrogen) atoms. The van der Waals surface area contributed by atoms with Gasteiger partial charge in [0, 0.05) is 0 Å². The lowest BCUT2D eigenvalue weighted by Crippen LogP contribution is -2.31. The molecule has 0 N–H and O–H groups in total. The monoisotopic (exact) mass is 694 g/mol. The van der Waals surface area contributed by atoms with Crippen molar-refractivity contribution in [1.82, 2.24) is 0 Å². The molecule has 0 aliphatic carbocycles. The van der Waals surface area contributed by atoms with E-state index < -0.39 is 15.8 Å². The van der Waals surface area contributed by atoms with E-state index >= 15 is 0 Å². The van der Waals surface area contributed by atoms with Crippen LogP contribution in [0, 0.1) is 0 Å². The lowest BCUT2D eigenvalue weighted by Gasteiger charge is -2.37. The van der Waals surface area contributed by atoms with Crippen LogP contribution in [-0.2, 0) is 10.8 Å². The minimum absolute atomic E-state index is 0.0398. The third-order valence-corrected chi connectivity index (χ3v) is 15.9. The van der Waals surface area contributed by atoms with E-state index in [1.807, 2.05) is 0 Å². The van der Waals surface area contributed by atoms with E-state index in [-0.39, 0.29) is 21.1 Å². The average molecular weight is 695 g/mol. The summed E-state index contributed by atoms with van der Waals surface area (Å²) in [4.78, 5) is 0. The number of benzene rings is 6. The van der Waals surface area contributed by atoms with Crippen LogP contribution in [0.3, 0.4) is 0 Å². The summed E-state index contributed by atoms with van der Waals surface area (Å²) in [6.45, 7) is 28.5. The molecule has 0 aliphatic heterocycles. The van der Waals surface area contributed by atoms with E-state index in [1.54, 1.807) is 0 Å². The molecular formula is C48H56P2. The molecule has 0 amide bonds. The number of rotatable bonds is 5. The Hall–Kier alpha value is -3.30. The normalized spacial score (nSPS) is 14.2. The van der Waals surface area contributed by atoms with E-state index in [0.717, 1.165) is 0 Å². The Labute approximate surface area is 305 Å². The second-order valence-corrected chi connectivity index (χ2v) is 24.0. The highest BCUT2D eigenvalue weighted by molar-refractivity contribution is 7.75. The van der Waals surface area contributed by atoms with Crippen molar-refractivity contribution in [2.45, 2.75) is 104 Å². The summed E-state index contributed by atoms with van der Waals surface area (Å²) < 4.78 is 0. The molecule has 0 radical (unpaired) electrons. The predicted octanol–water partition coefficient (Wildman–Crippen LogP) is 12.7. The molecule has 0 saturated heterocycles. The van der Waals surface area contributed by atoms with Crippen LogP contribution in [0.2, 0.25) is 0 Å². The Bertz CT molecular complexity index is 1970. The molecule has 6 rings (SSSR count). The average Bonchev–Trinajstić information content (AvgIpc) is 3.03. The summed E-state index contributed by atoms with van der Waals surface area (Å²) in [5.41, 5.74) is 5.83. The molecule has 2 atom stereocenters. The topological polar surface area (TPSA) is 0 Å². The molecule has 0 saturated carbocycles. The van der Waals surface area contributed by atoms with Gasteiger partial charge < -0.3 is 0 Å². The van der Waals surface area contributed by atoms with Gasteiger partial charge in [-0.15, -0.1) is 0 Å². The molecule has 6 aromatic carbocycles. The molecule has 0 nitrogen and oxygen atoms in total. The van der Waals surface area contributed by atoms with Crippen LogP contribution in [0.1, 0.15) is 94.2 Å². The first-order chi connectivity index (χ1) is 23.4. The second-order valence-electron chi connectivity index (χ2n) is 18.0. The summed E-state index contributed by atoms with van der Waals surface area (Å²) in [6.07, 6.45) is 0. The Balaban J connectivity index is 1.72. The molecular weight excluding hydrogens is 638 g/mol. The third-order valence-electron chi connectivity index (χ3n) is 9.87. The second kappa shape index (κ2) is 13.4. The van der Waals surface area contributed by atoms with E-state index in [9.17, 15) is 0 Å². The van der Waals surface area contributed by atoms with Gasteiger partial charge in [-0.1, -0.05) is 204 Å². The van der Waals surface area contributed by atoms with Gasteiger partial charge in [-0.3, -0.25) is 0 Å². The van der Waals surface area contributed by atoms with Gasteiger partial charge in [-0.2, -0.15) is 0 Å². The van der Waals surface area contributed by atoms with Crippen molar-refractivity contribution < 1.29 is 0 Å². The van der Waals surface area contributed by atoms with Crippen LogP contribution in [0.15, 0.2) is 121 Å². The number of hydrogen-bond donors (Lipinski definition) is 0. The third kappa shape index (κ3) is 7.22. The summed E-state index contributed by atoms with van der Waals surface area (Å²) in [7, 11) is -1.47. The van der Waals surface area contributed by atoms with Crippen LogP contribution in [0.25, 0.3) is 32.7 Å². The fourth-order valence-electron chi connectivity index (χ4n) is 7.41. The molecule has 0 aromatic heterocycles. The van der Waals surface area contributed by atoms with Crippen molar-refractivity contribution in [2.75, 3.05) is 0 Å². The molecule has 0 bridgehead atoms. The maximum atomic E-state index is 2.48. The van der Waals surface area contributed by atoms with Gasteiger partial charge in [-0.25, -0.2) is 0 Å². The summed E-state index contributed by atoms with van der Waals surface area (Å²) in [5, 5.41) is 11.2. The molecule has 0 spiro atoms. The number of fused-ring (bicyclic) bond motifs is 2. The van der Waals surface area contributed by atoms with E-state index in [0.29, 0.717) is 0 Å². The summed E-state index contributed by atoms with van der Waals surface area (Å²) >= 11 is 0. The summed E-state index contributed by atoms with van der Waals surface area (Å²) in [6, 6.07) is 47.1. The fraction of sp³-hybridized carbons (Fsp3) is 0.333. The van der Waals surface area contributed by atoms with Crippen molar-refractivity contribution in [2.24, 2.45) is 0 Å². The van der Waals surface area contributed by atoms with Crippen molar-refractivity contribution in [3.05, 3.63) is 132 Å². The summed E-state index contributed by atoms with van der Waals surface area (Å²) in [5.74, 6) is 0. The van der Waals surface area contributed by atoms with Crippen molar-refractivity contribution >= 4 is 58.6 Å². The Morgan fingerprint density at radius 1 is 0.340 bits per heavy atom. The van der Waals surface area contributed by atoms with E-state index in [2.05, 4.69) is 204 Å². The highest BCUT2D eigenvalue weighted by Gasteiger charge is 2.35. The first kappa shape index (κ1) is 36.5. The van der Waals surface area contributed by atoms with E-state index in [1.165, 1.54) is 65.0 Å². The molecule has 2 unspecified atom stereocenters. The minimum atomic E-state index is -0.737. The molecule has 6 aromatic rings. The zero-order valence-corrected chi connectivity index (χ0v) is 34.2. The Kier molecular flexibility index (Phi) is 9.74.